The Morgan fingerprint density at radius 3 is 2.73 bits per heavy atom. The summed E-state index contributed by atoms with van der Waals surface area (Å²) in [5, 5.41) is 17.5. The average molecular weight is 148 g/mol. The number of aromatic nitrogens is 1. The molecule has 1 heterocycles. The molecule has 0 fully saturated rings. The Kier molecular flexibility index (Phi) is 2.59. The van der Waals surface area contributed by atoms with Crippen LogP contribution in [0.3, 0.4) is 0 Å². The van der Waals surface area contributed by atoms with Crippen molar-refractivity contribution >= 4 is 0 Å². The van der Waals surface area contributed by atoms with E-state index in [1.807, 2.05) is 6.07 Å². The lowest BCUT2D eigenvalue weighted by Crippen LogP contribution is -1.94. The van der Waals surface area contributed by atoms with Gasteiger partial charge in [-0.1, -0.05) is 0 Å². The van der Waals surface area contributed by atoms with Crippen LogP contribution in [0.2, 0.25) is 0 Å². The molecule has 3 nitrogen and oxygen atoms in total. The van der Waals surface area contributed by atoms with Gasteiger partial charge in [0.25, 0.3) is 0 Å². The number of nitrogens with zero attached hydrogens (tertiary/aromatic N) is 2. The minimum Gasteiger partial charge on any atom is -0.387 e. The molecule has 0 aliphatic carbocycles. The predicted octanol–water partition coefficient (Wildman–Crippen LogP) is 1.03. The number of rotatable bonds is 2. The zero-order valence-corrected chi connectivity index (χ0v) is 5.94. The fourth-order valence-corrected chi connectivity index (χ4v) is 0.790. The van der Waals surface area contributed by atoms with E-state index in [4.69, 9.17) is 5.26 Å². The highest BCUT2D eigenvalue weighted by molar-refractivity contribution is 5.13. The molecule has 1 N–H and O–H groups in total. The van der Waals surface area contributed by atoms with Gasteiger partial charge < -0.3 is 5.11 Å². The van der Waals surface area contributed by atoms with Crippen LogP contribution >= 0.6 is 0 Å². The Bertz CT molecular complexity index is 253. The lowest BCUT2D eigenvalue weighted by atomic mass is 10.1. The van der Waals surface area contributed by atoms with Gasteiger partial charge in [-0.05, 0) is 17.7 Å². The molecule has 0 amide bonds. The van der Waals surface area contributed by atoms with Gasteiger partial charge in [-0.15, -0.1) is 0 Å². The van der Waals surface area contributed by atoms with Gasteiger partial charge in [0, 0.05) is 12.4 Å². The summed E-state index contributed by atoms with van der Waals surface area (Å²) >= 11 is 0. The number of aliphatic hydroxyl groups excluding tert-OH is 1. The molecule has 0 aliphatic heterocycles. The second kappa shape index (κ2) is 3.69. The first-order valence-electron chi connectivity index (χ1n) is 3.29. The first-order chi connectivity index (χ1) is 5.34. The van der Waals surface area contributed by atoms with Crippen LogP contribution in [0.25, 0.3) is 0 Å². The predicted molar refractivity (Wildman–Crippen MR) is 39.4 cm³/mol. The molecule has 0 saturated carbocycles. The normalized spacial score (nSPS) is 12.0. The Balaban J connectivity index is 2.70. The van der Waals surface area contributed by atoms with Crippen molar-refractivity contribution in [2.45, 2.75) is 12.5 Å². The average Bonchev–Trinajstić information content (AvgIpc) is 2.07. The molecule has 0 bridgehead atoms. The molecule has 0 radical (unpaired) electrons. The van der Waals surface area contributed by atoms with E-state index in [1.54, 1.807) is 24.5 Å². The molecule has 56 valence electrons. The second-order valence-electron chi connectivity index (χ2n) is 2.16. The maximum atomic E-state index is 9.27. The van der Waals surface area contributed by atoms with Gasteiger partial charge in [0.1, 0.15) is 0 Å². The molecule has 11 heavy (non-hydrogen) atoms. The number of pyridine rings is 1. The van der Waals surface area contributed by atoms with Crippen molar-refractivity contribution in [3.8, 4) is 6.07 Å². The van der Waals surface area contributed by atoms with Crippen LogP contribution in [-0.4, -0.2) is 10.1 Å². The van der Waals surface area contributed by atoms with E-state index in [0.717, 1.165) is 5.56 Å². The molecule has 1 aromatic rings. The molecule has 1 unspecified atom stereocenters. The quantitative estimate of drug-likeness (QED) is 0.681. The van der Waals surface area contributed by atoms with Crippen molar-refractivity contribution in [3.05, 3.63) is 30.1 Å². The maximum absolute atomic E-state index is 9.27. The summed E-state index contributed by atoms with van der Waals surface area (Å²) in [7, 11) is 0. The molecular weight excluding hydrogens is 140 g/mol. The summed E-state index contributed by atoms with van der Waals surface area (Å²) in [6.07, 6.45) is 2.64. The molecule has 0 saturated heterocycles. The maximum Gasteiger partial charge on any atom is 0.0921 e. The first kappa shape index (κ1) is 7.70. The third-order valence-corrected chi connectivity index (χ3v) is 1.38. The zero-order chi connectivity index (χ0) is 8.10. The topological polar surface area (TPSA) is 56.9 Å². The van der Waals surface area contributed by atoms with Gasteiger partial charge in [-0.25, -0.2) is 0 Å². The molecular formula is C8H8N2O. The summed E-state index contributed by atoms with van der Waals surface area (Å²) in [4.78, 5) is 3.79. The van der Waals surface area contributed by atoms with E-state index in [9.17, 15) is 5.11 Å². The Hall–Kier alpha value is -1.40. The largest absolute Gasteiger partial charge is 0.387 e. The molecule has 0 aromatic carbocycles. The third kappa shape index (κ3) is 2.03. The second-order valence-corrected chi connectivity index (χ2v) is 2.16. The van der Waals surface area contributed by atoms with E-state index in [0.29, 0.717) is 0 Å². The highest BCUT2D eigenvalue weighted by atomic mass is 16.3. The van der Waals surface area contributed by atoms with E-state index >= 15 is 0 Å². The van der Waals surface area contributed by atoms with Crippen LogP contribution in [-0.2, 0) is 0 Å². The van der Waals surface area contributed by atoms with Crippen molar-refractivity contribution in [2.24, 2.45) is 0 Å². The lowest BCUT2D eigenvalue weighted by molar-refractivity contribution is 0.183. The summed E-state index contributed by atoms with van der Waals surface area (Å²) < 4.78 is 0. The number of nitriles is 1. The van der Waals surface area contributed by atoms with Gasteiger partial charge in [-0.3, -0.25) is 4.98 Å². The van der Waals surface area contributed by atoms with Crippen LogP contribution < -0.4 is 0 Å². The number of hydrogen-bond donors (Lipinski definition) is 1. The Morgan fingerprint density at radius 1 is 1.55 bits per heavy atom. The van der Waals surface area contributed by atoms with E-state index in [-0.39, 0.29) is 6.42 Å². The first-order valence-corrected chi connectivity index (χ1v) is 3.29. The molecule has 0 spiro atoms. The van der Waals surface area contributed by atoms with E-state index < -0.39 is 6.10 Å². The van der Waals surface area contributed by atoms with E-state index in [1.165, 1.54) is 0 Å². The smallest absolute Gasteiger partial charge is 0.0921 e. The Labute approximate surface area is 64.9 Å². The van der Waals surface area contributed by atoms with Crippen molar-refractivity contribution in [1.29, 1.82) is 5.26 Å². The summed E-state index contributed by atoms with van der Waals surface area (Å²) in [6, 6.07) is 5.29. The Morgan fingerprint density at radius 2 is 2.18 bits per heavy atom. The minimum atomic E-state index is -0.678. The summed E-state index contributed by atoms with van der Waals surface area (Å²) in [5.74, 6) is 0. The monoisotopic (exact) mass is 148 g/mol. The van der Waals surface area contributed by atoms with Crippen LogP contribution in [0.1, 0.15) is 18.1 Å². The van der Waals surface area contributed by atoms with Crippen molar-refractivity contribution in [2.75, 3.05) is 0 Å². The zero-order valence-electron chi connectivity index (χ0n) is 5.94. The fourth-order valence-electron chi connectivity index (χ4n) is 0.790. The van der Waals surface area contributed by atoms with Crippen LogP contribution in [0.15, 0.2) is 24.5 Å². The number of aliphatic hydroxyl groups is 1. The minimum absolute atomic E-state index is 0.129. The van der Waals surface area contributed by atoms with Gasteiger partial charge >= 0.3 is 0 Å². The van der Waals surface area contributed by atoms with Crippen LogP contribution in [0, 0.1) is 11.3 Å². The highest BCUT2D eigenvalue weighted by Crippen LogP contribution is 2.13. The van der Waals surface area contributed by atoms with Gasteiger partial charge in [0.15, 0.2) is 0 Å². The van der Waals surface area contributed by atoms with Crippen LogP contribution in [0.5, 0.6) is 0 Å². The summed E-state index contributed by atoms with van der Waals surface area (Å²) in [5.41, 5.74) is 0.738. The lowest BCUT2D eigenvalue weighted by Gasteiger charge is -2.03. The molecule has 1 atom stereocenters. The van der Waals surface area contributed by atoms with Crippen molar-refractivity contribution in [1.82, 2.24) is 4.98 Å². The standard InChI is InChI=1S/C8H8N2O/c9-4-1-8(11)7-2-5-10-6-3-7/h2-3,5-6,8,11H,1H2. The van der Waals surface area contributed by atoms with Gasteiger partial charge in [0.2, 0.25) is 0 Å². The van der Waals surface area contributed by atoms with Crippen molar-refractivity contribution < 1.29 is 5.11 Å². The fraction of sp³-hybridized carbons (Fsp3) is 0.250. The third-order valence-electron chi connectivity index (χ3n) is 1.38. The van der Waals surface area contributed by atoms with Crippen LogP contribution in [0.4, 0.5) is 0 Å². The SMILES string of the molecule is N#CCC(O)c1ccncc1. The van der Waals surface area contributed by atoms with Crippen molar-refractivity contribution in [3.63, 3.8) is 0 Å². The summed E-state index contributed by atoms with van der Waals surface area (Å²) in [6.45, 7) is 0. The highest BCUT2D eigenvalue weighted by Gasteiger charge is 2.04. The molecule has 3 heteroatoms. The van der Waals surface area contributed by atoms with Gasteiger partial charge in [-0.2, -0.15) is 5.26 Å². The molecule has 1 aromatic heterocycles. The molecule has 1 rings (SSSR count). The number of hydrogen-bond acceptors (Lipinski definition) is 3. The van der Waals surface area contributed by atoms with Gasteiger partial charge in [0.05, 0.1) is 18.6 Å². The molecule has 0 aliphatic rings. The van der Waals surface area contributed by atoms with E-state index in [2.05, 4.69) is 4.98 Å².